The van der Waals surface area contributed by atoms with Crippen molar-refractivity contribution in [3.8, 4) is 16.9 Å². The number of carbonyl (C=O) groups excluding carboxylic acids is 3. The number of aromatic nitrogens is 1. The van der Waals surface area contributed by atoms with Gasteiger partial charge in [0, 0.05) is 51.8 Å². The van der Waals surface area contributed by atoms with Gasteiger partial charge in [-0.15, -0.1) is 0 Å². The third-order valence-corrected chi connectivity index (χ3v) is 10.4. The lowest BCUT2D eigenvalue weighted by atomic mass is 10.0. The van der Waals surface area contributed by atoms with Gasteiger partial charge >= 0.3 is 11.9 Å². The van der Waals surface area contributed by atoms with E-state index in [1.807, 2.05) is 42.5 Å². The highest BCUT2D eigenvalue weighted by molar-refractivity contribution is 6.30. The minimum Gasteiger partial charge on any atom is -0.476 e. The molecule has 3 N–H and O–H groups in total. The number of rotatable bonds is 22. The third-order valence-electron chi connectivity index (χ3n) is 10.1. The Labute approximate surface area is 362 Å². The number of hydrogen-bond acceptors (Lipinski definition) is 8. The first-order valence-corrected chi connectivity index (χ1v) is 21.2. The van der Waals surface area contributed by atoms with Crippen LogP contribution in [0.1, 0.15) is 93.9 Å². The standard InChI is InChI=1S/C49H56ClFN2O8/c1-33(2)53-43-12-8-7-11-42(43)46(35-17-21-38(51)22-18-35)44(53)26-23-39(54)31-40(55)32-45(56)59-29-9-5-6-10-30-60-48(58)49(3,4)61-41-24-13-34(14-25-41)27-28-52-47(57)36-15-19-37(50)20-16-36/h7-8,11-26,33,39-40,54-55H,5-6,9-10,27-32H2,1-4H3,(H,52,57)/b26-23+/t39-,40-/m1/s1. The molecule has 0 saturated heterocycles. The number of fused-ring (bicyclic) bond motifs is 1. The van der Waals surface area contributed by atoms with Crippen LogP contribution in [0.5, 0.6) is 5.75 Å². The van der Waals surface area contributed by atoms with Crippen LogP contribution < -0.4 is 10.1 Å². The zero-order valence-electron chi connectivity index (χ0n) is 35.2. The van der Waals surface area contributed by atoms with Crippen LogP contribution in [0.4, 0.5) is 4.39 Å². The number of unbranched alkanes of at least 4 members (excludes halogenated alkanes) is 3. The quantitative estimate of drug-likeness (QED) is 0.0463. The van der Waals surface area contributed by atoms with Gasteiger partial charge < -0.3 is 34.3 Å². The van der Waals surface area contributed by atoms with Gasteiger partial charge in [0.1, 0.15) is 11.6 Å². The molecule has 4 aromatic carbocycles. The highest BCUT2D eigenvalue weighted by Gasteiger charge is 2.32. The molecule has 0 aliphatic carbocycles. The average molecular weight is 855 g/mol. The fourth-order valence-corrected chi connectivity index (χ4v) is 7.11. The molecule has 61 heavy (non-hydrogen) atoms. The number of aliphatic hydroxyl groups excluding tert-OH is 2. The Morgan fingerprint density at radius 3 is 2.18 bits per heavy atom. The SMILES string of the molecule is CC(C)n1c(/C=C/[C@@H](O)C[C@@H](O)CC(=O)OCCCCCCOC(=O)C(C)(C)Oc2ccc(CCNC(=O)c3ccc(Cl)cc3)cc2)c(-c2ccc(F)cc2)c2ccccc21. The molecule has 0 unspecified atom stereocenters. The zero-order chi connectivity index (χ0) is 43.9. The topological polar surface area (TPSA) is 136 Å². The maximum absolute atomic E-state index is 13.8. The number of nitrogens with one attached hydrogen (secondary N) is 1. The van der Waals surface area contributed by atoms with Gasteiger partial charge in [-0.25, -0.2) is 9.18 Å². The molecule has 0 spiro atoms. The van der Waals surface area contributed by atoms with Gasteiger partial charge in [0.15, 0.2) is 5.60 Å². The molecule has 0 aliphatic heterocycles. The third kappa shape index (κ3) is 13.8. The Morgan fingerprint density at radius 1 is 0.852 bits per heavy atom. The number of para-hydroxylation sites is 1. The van der Waals surface area contributed by atoms with E-state index in [2.05, 4.69) is 23.7 Å². The van der Waals surface area contributed by atoms with Crippen LogP contribution in [0.15, 0.2) is 103 Å². The molecule has 5 rings (SSSR count). The molecule has 0 saturated carbocycles. The number of esters is 2. The number of ether oxygens (including phenoxy) is 3. The first kappa shape index (κ1) is 46.6. The van der Waals surface area contributed by atoms with Crippen molar-refractivity contribution >= 4 is 46.4 Å². The van der Waals surface area contributed by atoms with E-state index in [1.54, 1.807) is 68.5 Å². The molecule has 2 atom stereocenters. The number of hydrogen-bond donors (Lipinski definition) is 3. The van der Waals surface area contributed by atoms with Crippen LogP contribution >= 0.6 is 11.6 Å². The largest absolute Gasteiger partial charge is 0.476 e. The highest BCUT2D eigenvalue weighted by Crippen LogP contribution is 2.38. The van der Waals surface area contributed by atoms with E-state index in [-0.39, 0.29) is 43.8 Å². The highest BCUT2D eigenvalue weighted by atomic mass is 35.5. The second-order valence-corrected chi connectivity index (χ2v) is 16.2. The Kier molecular flexibility index (Phi) is 17.1. The predicted molar refractivity (Wildman–Crippen MR) is 237 cm³/mol. The van der Waals surface area contributed by atoms with Crippen molar-refractivity contribution in [3.63, 3.8) is 0 Å². The number of benzene rings is 4. The van der Waals surface area contributed by atoms with Crippen molar-refractivity contribution < 1.29 is 43.2 Å². The number of amides is 1. The van der Waals surface area contributed by atoms with Gasteiger partial charge in [-0.2, -0.15) is 0 Å². The predicted octanol–water partition coefficient (Wildman–Crippen LogP) is 9.67. The summed E-state index contributed by atoms with van der Waals surface area (Å²) >= 11 is 5.89. The number of nitrogens with zero attached hydrogens (tertiary/aromatic N) is 1. The summed E-state index contributed by atoms with van der Waals surface area (Å²) < 4.78 is 32.7. The molecule has 1 aromatic heterocycles. The van der Waals surface area contributed by atoms with Crippen LogP contribution in [0.25, 0.3) is 28.1 Å². The molecule has 0 bridgehead atoms. The molecule has 10 nitrogen and oxygen atoms in total. The number of halogens is 2. The summed E-state index contributed by atoms with van der Waals surface area (Å²) in [6.07, 6.45) is 4.37. The molecule has 0 aliphatic rings. The van der Waals surface area contributed by atoms with Crippen LogP contribution in [0, 0.1) is 5.82 Å². The van der Waals surface area contributed by atoms with Crippen LogP contribution in [0.2, 0.25) is 5.02 Å². The molecular weight excluding hydrogens is 799 g/mol. The smallest absolute Gasteiger partial charge is 0.349 e. The molecule has 5 aromatic rings. The first-order chi connectivity index (χ1) is 29.2. The summed E-state index contributed by atoms with van der Waals surface area (Å²) in [6, 6.07) is 28.4. The van der Waals surface area contributed by atoms with E-state index in [0.717, 1.165) is 46.1 Å². The maximum Gasteiger partial charge on any atom is 0.349 e. The molecule has 12 heteroatoms. The Morgan fingerprint density at radius 2 is 1.51 bits per heavy atom. The summed E-state index contributed by atoms with van der Waals surface area (Å²) in [5.41, 5.74) is 3.95. The summed E-state index contributed by atoms with van der Waals surface area (Å²) in [6.45, 7) is 8.32. The van der Waals surface area contributed by atoms with Crippen molar-refractivity contribution in [2.45, 2.75) is 96.5 Å². The second-order valence-electron chi connectivity index (χ2n) is 15.8. The van der Waals surface area contributed by atoms with E-state index >= 15 is 0 Å². The van der Waals surface area contributed by atoms with Gasteiger partial charge in [-0.1, -0.05) is 60.1 Å². The summed E-state index contributed by atoms with van der Waals surface area (Å²) in [5, 5.41) is 25.9. The minimum absolute atomic E-state index is 0.0543. The van der Waals surface area contributed by atoms with Crippen molar-refractivity contribution in [2.24, 2.45) is 0 Å². The Bertz CT molecular complexity index is 2230. The minimum atomic E-state index is -1.21. The molecule has 1 heterocycles. The summed E-state index contributed by atoms with van der Waals surface area (Å²) in [7, 11) is 0. The lowest BCUT2D eigenvalue weighted by Gasteiger charge is -2.24. The lowest BCUT2D eigenvalue weighted by molar-refractivity contribution is -0.159. The summed E-state index contributed by atoms with van der Waals surface area (Å²) in [4.78, 5) is 37.5. The average Bonchev–Trinajstić information content (AvgIpc) is 3.56. The first-order valence-electron chi connectivity index (χ1n) is 20.8. The maximum atomic E-state index is 13.8. The van der Waals surface area contributed by atoms with E-state index < -0.39 is 29.7 Å². The monoisotopic (exact) mass is 854 g/mol. The van der Waals surface area contributed by atoms with Crippen molar-refractivity contribution in [1.82, 2.24) is 9.88 Å². The molecule has 0 fully saturated rings. The van der Waals surface area contributed by atoms with Crippen LogP contribution in [-0.2, 0) is 25.5 Å². The van der Waals surface area contributed by atoms with Crippen LogP contribution in [0.3, 0.4) is 0 Å². The van der Waals surface area contributed by atoms with Crippen molar-refractivity contribution in [2.75, 3.05) is 19.8 Å². The number of carbonyl (C=O) groups is 3. The van der Waals surface area contributed by atoms with E-state index in [1.165, 1.54) is 12.1 Å². The molecule has 324 valence electrons. The van der Waals surface area contributed by atoms with Crippen molar-refractivity contribution in [1.29, 1.82) is 0 Å². The van der Waals surface area contributed by atoms with Crippen LogP contribution in [-0.4, -0.2) is 70.2 Å². The van der Waals surface area contributed by atoms with E-state index in [0.29, 0.717) is 42.1 Å². The van der Waals surface area contributed by atoms with Gasteiger partial charge in [-0.05, 0) is 132 Å². The lowest BCUT2D eigenvalue weighted by Crippen LogP contribution is -2.39. The van der Waals surface area contributed by atoms with Gasteiger partial charge in [-0.3, -0.25) is 9.59 Å². The Balaban J connectivity index is 0.955. The second kappa shape index (κ2) is 22.4. The fraction of sp³-hybridized carbons (Fsp3) is 0.367. The molecule has 1 amide bonds. The van der Waals surface area contributed by atoms with E-state index in [4.69, 9.17) is 25.8 Å². The molecule has 0 radical (unpaired) electrons. The van der Waals surface area contributed by atoms with Gasteiger partial charge in [0.25, 0.3) is 5.91 Å². The van der Waals surface area contributed by atoms with Gasteiger partial charge in [0.05, 0.1) is 31.8 Å². The molecular formula is C49H56ClFN2O8. The van der Waals surface area contributed by atoms with E-state index in [9.17, 15) is 29.0 Å². The van der Waals surface area contributed by atoms with Crippen molar-refractivity contribution in [3.05, 3.63) is 131 Å². The fourth-order valence-electron chi connectivity index (χ4n) is 6.98. The number of aliphatic hydroxyl groups is 2. The normalized spacial score (nSPS) is 12.7. The Hall–Kier alpha value is -5.49. The zero-order valence-corrected chi connectivity index (χ0v) is 36.0. The van der Waals surface area contributed by atoms with Gasteiger partial charge in [0.2, 0.25) is 0 Å². The summed E-state index contributed by atoms with van der Waals surface area (Å²) in [5.74, 6) is -1.01.